The van der Waals surface area contributed by atoms with E-state index in [0.717, 1.165) is 16.7 Å². The van der Waals surface area contributed by atoms with Crippen LogP contribution < -0.4 is 5.73 Å². The van der Waals surface area contributed by atoms with E-state index in [1.54, 1.807) is 0 Å². The third-order valence-electron chi connectivity index (χ3n) is 2.42. The summed E-state index contributed by atoms with van der Waals surface area (Å²) in [6, 6.07) is 9.93. The highest BCUT2D eigenvalue weighted by Gasteiger charge is 2.04. The van der Waals surface area contributed by atoms with Gasteiger partial charge in [-0.25, -0.2) is 0 Å². The number of ether oxygens (including phenoxy) is 1. The van der Waals surface area contributed by atoms with E-state index in [2.05, 4.69) is 4.74 Å². The fourth-order valence-corrected chi connectivity index (χ4v) is 1.46. The van der Waals surface area contributed by atoms with Gasteiger partial charge in [0.25, 0.3) is 0 Å². The SMILES string of the molecule is COC(=O)CC(=C/N)/C=C(\C)c1ccccc1. The van der Waals surface area contributed by atoms with Crippen LogP contribution in [0.2, 0.25) is 0 Å². The highest BCUT2D eigenvalue weighted by Crippen LogP contribution is 2.16. The Morgan fingerprint density at radius 3 is 2.53 bits per heavy atom. The van der Waals surface area contributed by atoms with Gasteiger partial charge in [-0.05, 0) is 29.8 Å². The molecule has 90 valence electrons. The molecule has 0 aromatic heterocycles. The Hall–Kier alpha value is -2.03. The highest BCUT2D eigenvalue weighted by atomic mass is 16.5. The molecule has 0 aliphatic rings. The maximum absolute atomic E-state index is 11.2. The molecule has 0 amide bonds. The van der Waals surface area contributed by atoms with Gasteiger partial charge in [0.2, 0.25) is 0 Å². The summed E-state index contributed by atoms with van der Waals surface area (Å²) in [5.41, 5.74) is 8.41. The van der Waals surface area contributed by atoms with Crippen LogP contribution in [0.25, 0.3) is 5.57 Å². The predicted molar refractivity (Wildman–Crippen MR) is 69.0 cm³/mol. The summed E-state index contributed by atoms with van der Waals surface area (Å²) in [5.74, 6) is -0.293. The van der Waals surface area contributed by atoms with E-state index in [9.17, 15) is 4.79 Å². The second-order valence-electron chi connectivity index (χ2n) is 3.69. The van der Waals surface area contributed by atoms with Crippen molar-refractivity contribution in [3.05, 3.63) is 53.7 Å². The Morgan fingerprint density at radius 2 is 2.00 bits per heavy atom. The van der Waals surface area contributed by atoms with Crippen molar-refractivity contribution in [3.63, 3.8) is 0 Å². The van der Waals surface area contributed by atoms with E-state index in [1.165, 1.54) is 13.3 Å². The number of methoxy groups -OCH3 is 1. The summed E-state index contributed by atoms with van der Waals surface area (Å²) < 4.78 is 4.61. The number of allylic oxidation sites excluding steroid dienone is 2. The number of esters is 1. The van der Waals surface area contributed by atoms with Crippen molar-refractivity contribution in [2.45, 2.75) is 13.3 Å². The topological polar surface area (TPSA) is 52.3 Å². The Bertz CT molecular complexity index is 433. The van der Waals surface area contributed by atoms with Crippen LogP contribution in [0.1, 0.15) is 18.9 Å². The van der Waals surface area contributed by atoms with Gasteiger partial charge in [0, 0.05) is 0 Å². The fraction of sp³-hybridized carbons (Fsp3) is 0.214. The van der Waals surface area contributed by atoms with Crippen LogP contribution in [-0.4, -0.2) is 13.1 Å². The molecule has 2 N–H and O–H groups in total. The minimum Gasteiger partial charge on any atom is -0.469 e. The quantitative estimate of drug-likeness (QED) is 0.640. The number of nitrogens with two attached hydrogens (primary N) is 1. The van der Waals surface area contributed by atoms with Crippen molar-refractivity contribution < 1.29 is 9.53 Å². The summed E-state index contributed by atoms with van der Waals surface area (Å²) in [4.78, 5) is 11.2. The van der Waals surface area contributed by atoms with Crippen LogP contribution in [0.3, 0.4) is 0 Å². The summed E-state index contributed by atoms with van der Waals surface area (Å²) in [5, 5.41) is 0. The molecule has 0 fully saturated rings. The lowest BCUT2D eigenvalue weighted by Gasteiger charge is -2.04. The van der Waals surface area contributed by atoms with Gasteiger partial charge in [-0.15, -0.1) is 0 Å². The average molecular weight is 231 g/mol. The molecule has 0 radical (unpaired) electrons. The molecule has 3 heteroatoms. The lowest BCUT2D eigenvalue weighted by atomic mass is 10.0. The van der Waals surface area contributed by atoms with Gasteiger partial charge < -0.3 is 10.5 Å². The summed E-state index contributed by atoms with van der Waals surface area (Å²) in [6.07, 6.45) is 3.52. The van der Waals surface area contributed by atoms with Crippen LogP contribution in [-0.2, 0) is 9.53 Å². The second kappa shape index (κ2) is 6.53. The lowest BCUT2D eigenvalue weighted by molar-refractivity contribution is -0.139. The number of benzene rings is 1. The van der Waals surface area contributed by atoms with Crippen molar-refractivity contribution in [3.8, 4) is 0 Å². The van der Waals surface area contributed by atoms with Gasteiger partial charge in [-0.1, -0.05) is 36.4 Å². The van der Waals surface area contributed by atoms with Crippen LogP contribution in [0.5, 0.6) is 0 Å². The third-order valence-corrected chi connectivity index (χ3v) is 2.42. The molecular formula is C14H17NO2. The summed E-state index contributed by atoms with van der Waals surface area (Å²) >= 11 is 0. The highest BCUT2D eigenvalue weighted by molar-refractivity contribution is 5.75. The van der Waals surface area contributed by atoms with Crippen LogP contribution in [0, 0.1) is 0 Å². The molecule has 0 aliphatic carbocycles. The van der Waals surface area contributed by atoms with Gasteiger partial charge in [0.05, 0.1) is 13.5 Å². The molecule has 0 unspecified atom stereocenters. The molecule has 0 saturated carbocycles. The Kier molecular flexibility index (Phi) is 5.01. The number of hydrogen-bond donors (Lipinski definition) is 1. The second-order valence-corrected chi connectivity index (χ2v) is 3.69. The van der Waals surface area contributed by atoms with Crippen LogP contribution in [0.15, 0.2) is 48.2 Å². The maximum Gasteiger partial charge on any atom is 0.310 e. The van der Waals surface area contributed by atoms with E-state index < -0.39 is 0 Å². The minimum atomic E-state index is -0.293. The monoisotopic (exact) mass is 231 g/mol. The van der Waals surface area contributed by atoms with Crippen LogP contribution in [0.4, 0.5) is 0 Å². The number of carbonyl (C=O) groups excluding carboxylic acids is 1. The van der Waals surface area contributed by atoms with E-state index in [4.69, 9.17) is 5.73 Å². The van der Waals surface area contributed by atoms with Crippen molar-refractivity contribution >= 4 is 11.5 Å². The molecule has 0 bridgehead atoms. The van der Waals surface area contributed by atoms with Crippen LogP contribution >= 0.6 is 0 Å². The molecule has 17 heavy (non-hydrogen) atoms. The zero-order valence-electron chi connectivity index (χ0n) is 10.1. The van der Waals surface area contributed by atoms with Gasteiger partial charge in [0.1, 0.15) is 0 Å². The zero-order valence-corrected chi connectivity index (χ0v) is 10.1. The largest absolute Gasteiger partial charge is 0.469 e. The van der Waals surface area contributed by atoms with E-state index >= 15 is 0 Å². The Labute approximate surface area is 102 Å². The van der Waals surface area contributed by atoms with Gasteiger partial charge in [-0.2, -0.15) is 0 Å². The van der Waals surface area contributed by atoms with E-state index in [1.807, 2.05) is 43.3 Å². The van der Waals surface area contributed by atoms with Crippen molar-refractivity contribution in [1.29, 1.82) is 0 Å². The minimum absolute atomic E-state index is 0.192. The first kappa shape index (κ1) is 13.0. The summed E-state index contributed by atoms with van der Waals surface area (Å²) in [7, 11) is 1.37. The van der Waals surface area contributed by atoms with E-state index in [0.29, 0.717) is 0 Å². The maximum atomic E-state index is 11.2. The molecule has 1 aromatic carbocycles. The standard InChI is InChI=1S/C14H17NO2/c1-11(13-6-4-3-5-7-13)8-12(10-15)9-14(16)17-2/h3-8,10H,9,15H2,1-2H3/b11-8+,12-10+. The first-order valence-electron chi connectivity index (χ1n) is 5.38. The molecule has 0 heterocycles. The van der Waals surface area contributed by atoms with Gasteiger partial charge >= 0.3 is 5.97 Å². The normalized spacial score (nSPS) is 12.4. The van der Waals surface area contributed by atoms with Crippen molar-refractivity contribution in [2.75, 3.05) is 7.11 Å². The summed E-state index contributed by atoms with van der Waals surface area (Å²) in [6.45, 7) is 1.98. The molecular weight excluding hydrogens is 214 g/mol. The number of hydrogen-bond acceptors (Lipinski definition) is 3. The van der Waals surface area contributed by atoms with Crippen molar-refractivity contribution in [1.82, 2.24) is 0 Å². The zero-order chi connectivity index (χ0) is 12.7. The van der Waals surface area contributed by atoms with Gasteiger partial charge in [0.15, 0.2) is 0 Å². The van der Waals surface area contributed by atoms with E-state index in [-0.39, 0.29) is 12.4 Å². The average Bonchev–Trinajstić information content (AvgIpc) is 2.38. The fourth-order valence-electron chi connectivity index (χ4n) is 1.46. The van der Waals surface area contributed by atoms with Gasteiger partial charge in [-0.3, -0.25) is 4.79 Å². The first-order valence-corrected chi connectivity index (χ1v) is 5.38. The molecule has 1 rings (SSSR count). The van der Waals surface area contributed by atoms with Crippen molar-refractivity contribution in [2.24, 2.45) is 5.73 Å². The molecule has 0 atom stereocenters. The lowest BCUT2D eigenvalue weighted by Crippen LogP contribution is -2.02. The molecule has 3 nitrogen and oxygen atoms in total. The third kappa shape index (κ3) is 4.15. The molecule has 0 aliphatic heterocycles. The smallest absolute Gasteiger partial charge is 0.310 e. The Morgan fingerprint density at radius 1 is 1.35 bits per heavy atom. The number of rotatable bonds is 4. The predicted octanol–water partition coefficient (Wildman–Crippen LogP) is 2.50. The number of carbonyl (C=O) groups is 1. The molecule has 1 aromatic rings. The molecule has 0 saturated heterocycles. The Balaban J connectivity index is 2.83. The molecule has 0 spiro atoms. The first-order chi connectivity index (χ1) is 8.17.